The van der Waals surface area contributed by atoms with Gasteiger partial charge in [-0.2, -0.15) is 0 Å². The van der Waals surface area contributed by atoms with Crippen molar-refractivity contribution in [3.05, 3.63) is 111 Å². The van der Waals surface area contributed by atoms with Crippen LogP contribution in [0.5, 0.6) is 11.5 Å². The Bertz CT molecular complexity index is 1560. The number of amides is 1. The summed E-state index contributed by atoms with van der Waals surface area (Å²) in [6, 6.07) is 21.1. The minimum atomic E-state index is -1.25. The zero-order chi connectivity index (χ0) is 29.9. The molecular weight excluding hydrogens is 548 g/mol. The van der Waals surface area contributed by atoms with Crippen molar-refractivity contribution < 1.29 is 23.8 Å². The van der Waals surface area contributed by atoms with Gasteiger partial charge in [-0.25, -0.2) is 9.78 Å². The summed E-state index contributed by atoms with van der Waals surface area (Å²) in [4.78, 5) is 34.2. The zero-order valence-electron chi connectivity index (χ0n) is 24.7. The zero-order valence-corrected chi connectivity index (χ0v) is 25.5. The summed E-state index contributed by atoms with van der Waals surface area (Å²) < 4.78 is 17.2. The molecule has 1 aliphatic rings. The van der Waals surface area contributed by atoms with Crippen LogP contribution in [0.2, 0.25) is 0 Å². The van der Waals surface area contributed by atoms with Gasteiger partial charge in [0.05, 0.1) is 25.4 Å². The molecule has 1 unspecified atom stereocenters. The first-order valence-electron chi connectivity index (χ1n) is 13.9. The molecule has 3 aromatic carbocycles. The Labute approximate surface area is 251 Å². The fourth-order valence-corrected chi connectivity index (χ4v) is 6.15. The van der Waals surface area contributed by atoms with E-state index in [1.54, 1.807) is 23.6 Å². The maximum absolute atomic E-state index is 14.5. The van der Waals surface area contributed by atoms with Crippen LogP contribution in [-0.2, 0) is 40.9 Å². The van der Waals surface area contributed by atoms with Crippen molar-refractivity contribution in [2.75, 3.05) is 14.2 Å². The number of esters is 1. The highest BCUT2D eigenvalue weighted by molar-refractivity contribution is 7.07. The molecule has 0 bridgehead atoms. The molecule has 0 aliphatic carbocycles. The normalized spacial score (nSPS) is 16.5. The molecule has 42 heavy (non-hydrogen) atoms. The molecule has 7 nitrogen and oxygen atoms in total. The number of hydrogen-bond donors (Lipinski definition) is 0. The number of carbonyl (C=O) groups excluding carboxylic acids is 2. The van der Waals surface area contributed by atoms with Gasteiger partial charge in [0.15, 0.2) is 0 Å². The fourth-order valence-electron chi connectivity index (χ4n) is 5.61. The highest BCUT2D eigenvalue weighted by Crippen LogP contribution is 2.39. The lowest BCUT2D eigenvalue weighted by Crippen LogP contribution is -2.62. The Hall–Kier alpha value is -4.17. The second-order valence-corrected chi connectivity index (χ2v) is 12.3. The molecule has 1 atom stereocenters. The number of nitrogens with zero attached hydrogens (tertiary/aromatic N) is 2. The van der Waals surface area contributed by atoms with Crippen LogP contribution in [0.25, 0.3) is 0 Å². The van der Waals surface area contributed by atoms with Crippen LogP contribution in [0.4, 0.5) is 0 Å². The molecule has 218 valence electrons. The molecule has 2 heterocycles. The van der Waals surface area contributed by atoms with Gasteiger partial charge in [0.2, 0.25) is 0 Å². The van der Waals surface area contributed by atoms with E-state index in [4.69, 9.17) is 14.2 Å². The monoisotopic (exact) mass is 584 g/mol. The van der Waals surface area contributed by atoms with Crippen molar-refractivity contribution >= 4 is 23.2 Å². The highest BCUT2D eigenvalue weighted by atomic mass is 32.1. The van der Waals surface area contributed by atoms with Crippen molar-refractivity contribution in [1.82, 2.24) is 9.88 Å². The quantitative estimate of drug-likeness (QED) is 0.224. The number of fused-ring (bicyclic) bond motifs is 1. The summed E-state index contributed by atoms with van der Waals surface area (Å²) in [7, 11) is 2.99. The van der Waals surface area contributed by atoms with Gasteiger partial charge < -0.3 is 19.1 Å². The van der Waals surface area contributed by atoms with Crippen LogP contribution >= 0.6 is 11.3 Å². The van der Waals surface area contributed by atoms with Gasteiger partial charge >= 0.3 is 5.97 Å². The first-order chi connectivity index (χ1) is 20.1. The largest absolute Gasteiger partial charge is 0.496 e. The predicted octanol–water partition coefficient (Wildman–Crippen LogP) is 6.38. The predicted molar refractivity (Wildman–Crippen MR) is 163 cm³/mol. The molecule has 4 aromatic rings. The summed E-state index contributed by atoms with van der Waals surface area (Å²) >= 11 is 1.52. The van der Waals surface area contributed by atoms with Gasteiger partial charge in [0, 0.05) is 30.3 Å². The van der Waals surface area contributed by atoms with Crippen LogP contribution in [0.3, 0.4) is 0 Å². The van der Waals surface area contributed by atoms with Crippen LogP contribution in [-0.4, -0.2) is 41.5 Å². The van der Waals surface area contributed by atoms with Crippen molar-refractivity contribution in [3.63, 3.8) is 0 Å². The molecule has 0 spiro atoms. The summed E-state index contributed by atoms with van der Waals surface area (Å²) in [5.41, 5.74) is 5.48. The molecular formula is C34H36N2O5S. The van der Waals surface area contributed by atoms with Crippen molar-refractivity contribution in [3.8, 4) is 11.5 Å². The van der Waals surface area contributed by atoms with Crippen molar-refractivity contribution in [2.45, 2.75) is 57.7 Å². The third-order valence-corrected chi connectivity index (χ3v) is 8.42. The second kappa shape index (κ2) is 12.0. The van der Waals surface area contributed by atoms with E-state index in [1.165, 1.54) is 18.4 Å². The summed E-state index contributed by atoms with van der Waals surface area (Å²) in [6.45, 7) is 6.87. The van der Waals surface area contributed by atoms with Crippen LogP contribution in [0.1, 0.15) is 59.1 Å². The van der Waals surface area contributed by atoms with Gasteiger partial charge in [-0.1, -0.05) is 63.2 Å². The van der Waals surface area contributed by atoms with Crippen molar-refractivity contribution in [2.24, 2.45) is 0 Å². The molecule has 1 aliphatic heterocycles. The lowest BCUT2D eigenvalue weighted by molar-refractivity contribution is -0.154. The molecule has 1 aromatic heterocycles. The Balaban J connectivity index is 1.58. The molecule has 1 amide bonds. The average molecular weight is 585 g/mol. The molecule has 0 saturated heterocycles. The Morgan fingerprint density at radius 3 is 2.45 bits per heavy atom. The van der Waals surface area contributed by atoms with Gasteiger partial charge in [-0.05, 0) is 51.9 Å². The molecule has 5 rings (SSSR count). The number of methoxy groups -OCH3 is 2. The third kappa shape index (κ3) is 5.90. The summed E-state index contributed by atoms with van der Waals surface area (Å²) in [6.07, 6.45) is 0.615. The molecule has 0 fully saturated rings. The minimum Gasteiger partial charge on any atom is -0.496 e. The van der Waals surface area contributed by atoms with E-state index >= 15 is 0 Å². The van der Waals surface area contributed by atoms with Gasteiger partial charge in [0.25, 0.3) is 5.91 Å². The Morgan fingerprint density at radius 2 is 1.79 bits per heavy atom. The number of carbonyl (C=O) groups is 2. The Morgan fingerprint density at radius 1 is 1.00 bits per heavy atom. The summed E-state index contributed by atoms with van der Waals surface area (Å²) in [5, 5.41) is 1.95. The van der Waals surface area contributed by atoms with E-state index in [0.717, 1.165) is 27.9 Å². The molecule has 0 radical (unpaired) electrons. The second-order valence-electron chi connectivity index (χ2n) is 11.6. The van der Waals surface area contributed by atoms with E-state index in [1.807, 2.05) is 66.0 Å². The molecule has 0 saturated carbocycles. The number of benzene rings is 3. The van der Waals surface area contributed by atoms with Gasteiger partial charge in [0.1, 0.15) is 23.6 Å². The van der Waals surface area contributed by atoms with E-state index in [9.17, 15) is 9.59 Å². The number of ether oxygens (including phenoxy) is 3. The topological polar surface area (TPSA) is 78.0 Å². The van der Waals surface area contributed by atoms with Gasteiger partial charge in [-0.15, -0.1) is 11.3 Å². The van der Waals surface area contributed by atoms with Gasteiger partial charge in [-0.3, -0.25) is 4.79 Å². The lowest BCUT2D eigenvalue weighted by Gasteiger charge is -2.46. The lowest BCUT2D eigenvalue weighted by atomic mass is 9.77. The van der Waals surface area contributed by atoms with Crippen LogP contribution in [0, 0.1) is 0 Å². The van der Waals surface area contributed by atoms with E-state index in [2.05, 4.69) is 25.8 Å². The summed E-state index contributed by atoms with van der Waals surface area (Å²) in [5.74, 6) is 0.594. The van der Waals surface area contributed by atoms with E-state index in [0.29, 0.717) is 36.5 Å². The SMILES string of the molecule is COC(=O)C1(Cc2ccccc2)Cc2ccc(OCc3cscn3)cc2CN1C(=O)c1ccc(C(C)(C)C)c(OC)c1. The maximum Gasteiger partial charge on any atom is 0.332 e. The van der Waals surface area contributed by atoms with E-state index in [-0.39, 0.29) is 17.9 Å². The first-order valence-corrected chi connectivity index (χ1v) is 14.8. The standard InChI is InChI=1S/C34H36N2O5S/c1-33(2,3)29-14-12-24(16-30(29)39-4)31(37)36-19-26-15-28(41-20-27-21-42-22-35-27)13-11-25(26)18-34(36,32(38)40-5)17-23-9-7-6-8-10-23/h6-16,21-22H,17-20H2,1-5H3. The Kier molecular flexibility index (Phi) is 8.36. The number of thiazole rings is 1. The maximum atomic E-state index is 14.5. The number of hydrogen-bond acceptors (Lipinski definition) is 7. The highest BCUT2D eigenvalue weighted by Gasteiger charge is 2.50. The third-order valence-electron chi connectivity index (χ3n) is 7.78. The molecule has 8 heteroatoms. The van der Waals surface area contributed by atoms with E-state index < -0.39 is 11.5 Å². The minimum absolute atomic E-state index is 0.172. The average Bonchev–Trinajstić information content (AvgIpc) is 3.52. The smallest absolute Gasteiger partial charge is 0.332 e. The molecule has 0 N–H and O–H groups in total. The first kappa shape index (κ1) is 29.3. The number of aromatic nitrogens is 1. The van der Waals surface area contributed by atoms with Crippen LogP contribution < -0.4 is 9.47 Å². The van der Waals surface area contributed by atoms with Crippen LogP contribution in [0.15, 0.2) is 77.6 Å². The van der Waals surface area contributed by atoms with Crippen molar-refractivity contribution in [1.29, 1.82) is 0 Å². The number of rotatable bonds is 8. The fraction of sp³-hybridized carbons (Fsp3) is 0.324.